The van der Waals surface area contributed by atoms with Gasteiger partial charge in [0.1, 0.15) is 0 Å². The van der Waals surface area contributed by atoms with Crippen LogP contribution in [0.3, 0.4) is 0 Å². The van der Waals surface area contributed by atoms with E-state index in [0.717, 1.165) is 11.1 Å². The number of hydrogen-bond acceptors (Lipinski definition) is 3. The first-order valence-electron chi connectivity index (χ1n) is 8.01. The van der Waals surface area contributed by atoms with Gasteiger partial charge in [-0.1, -0.05) is 29.3 Å². The van der Waals surface area contributed by atoms with Crippen LogP contribution in [0.15, 0.2) is 36.4 Å². The molecule has 138 valence electrons. The van der Waals surface area contributed by atoms with Crippen molar-refractivity contribution in [2.45, 2.75) is 25.9 Å². The molecule has 0 spiro atoms. The van der Waals surface area contributed by atoms with Crippen LogP contribution in [-0.4, -0.2) is 26.6 Å². The molecule has 5 nitrogen and oxygen atoms in total. The summed E-state index contributed by atoms with van der Waals surface area (Å²) in [6.45, 7) is 2.13. The zero-order valence-corrected chi connectivity index (χ0v) is 16.6. The number of carbonyl (C=O) groups excluding carboxylic acids is 1. The highest BCUT2D eigenvalue weighted by Crippen LogP contribution is 2.34. The van der Waals surface area contributed by atoms with Crippen molar-refractivity contribution in [1.29, 1.82) is 0 Å². The fraction of sp³-hybridized carbons (Fsp3) is 0.278. The highest BCUT2D eigenvalue weighted by Gasteiger charge is 2.32. The van der Waals surface area contributed by atoms with Crippen molar-refractivity contribution >= 4 is 44.8 Å². The van der Waals surface area contributed by atoms with Crippen LogP contribution in [0, 0.1) is 0 Å². The van der Waals surface area contributed by atoms with Crippen LogP contribution in [0.2, 0.25) is 10.0 Å². The molecule has 0 aliphatic carbocycles. The monoisotopic (exact) mass is 412 g/mol. The predicted molar refractivity (Wildman–Crippen MR) is 105 cm³/mol. The lowest BCUT2D eigenvalue weighted by atomic mass is 10.1. The molecule has 3 rings (SSSR count). The molecule has 0 fully saturated rings. The standard InChI is InChI=1S/C18H18Cl2N2O3S/c1-11-7-14-8-12(4-6-17(14)22(11)26(2,24)25)18(23)21-10-13-3-5-15(19)9-16(13)20/h3-6,8-9,11H,7,10H2,1-2H3,(H,21,23)/t11-/m1/s1. The van der Waals surface area contributed by atoms with E-state index in [-0.39, 0.29) is 18.5 Å². The second-order valence-electron chi connectivity index (χ2n) is 6.37. The minimum absolute atomic E-state index is 0.161. The summed E-state index contributed by atoms with van der Waals surface area (Å²) in [5.41, 5.74) is 2.73. The molecule has 0 bridgehead atoms. The molecule has 0 aromatic heterocycles. The van der Waals surface area contributed by atoms with Crippen molar-refractivity contribution in [2.75, 3.05) is 10.6 Å². The van der Waals surface area contributed by atoms with Crippen molar-refractivity contribution in [1.82, 2.24) is 5.32 Å². The maximum atomic E-state index is 12.4. The summed E-state index contributed by atoms with van der Waals surface area (Å²) in [5.74, 6) is -0.246. The van der Waals surface area contributed by atoms with Crippen LogP contribution in [0.25, 0.3) is 0 Å². The number of sulfonamides is 1. The van der Waals surface area contributed by atoms with E-state index >= 15 is 0 Å². The van der Waals surface area contributed by atoms with Crippen molar-refractivity contribution in [3.8, 4) is 0 Å². The molecule has 1 N–H and O–H groups in total. The van der Waals surface area contributed by atoms with E-state index in [4.69, 9.17) is 23.2 Å². The van der Waals surface area contributed by atoms with Gasteiger partial charge in [-0.05, 0) is 54.8 Å². The van der Waals surface area contributed by atoms with Crippen molar-refractivity contribution in [2.24, 2.45) is 0 Å². The fourth-order valence-corrected chi connectivity index (χ4v) is 4.93. The number of rotatable bonds is 4. The molecular weight excluding hydrogens is 395 g/mol. The van der Waals surface area contributed by atoms with Gasteiger partial charge in [-0.15, -0.1) is 0 Å². The van der Waals surface area contributed by atoms with Crippen LogP contribution in [0.1, 0.15) is 28.4 Å². The van der Waals surface area contributed by atoms with E-state index in [1.54, 1.807) is 36.4 Å². The van der Waals surface area contributed by atoms with Crippen LogP contribution < -0.4 is 9.62 Å². The number of hydrogen-bond donors (Lipinski definition) is 1. The van der Waals surface area contributed by atoms with E-state index < -0.39 is 10.0 Å². The van der Waals surface area contributed by atoms with Gasteiger partial charge < -0.3 is 5.32 Å². The Labute approximate surface area is 163 Å². The molecule has 0 saturated carbocycles. The number of nitrogens with zero attached hydrogens (tertiary/aromatic N) is 1. The first-order chi connectivity index (χ1) is 12.2. The third kappa shape index (κ3) is 3.82. The van der Waals surface area contributed by atoms with Gasteiger partial charge in [-0.2, -0.15) is 0 Å². The van der Waals surface area contributed by atoms with Gasteiger partial charge >= 0.3 is 0 Å². The summed E-state index contributed by atoms with van der Waals surface area (Å²) in [7, 11) is -3.35. The van der Waals surface area contributed by atoms with Gasteiger partial charge in [0.25, 0.3) is 5.91 Å². The molecule has 1 aliphatic rings. The Balaban J connectivity index is 1.77. The summed E-state index contributed by atoms with van der Waals surface area (Å²) in [6.07, 6.45) is 1.77. The summed E-state index contributed by atoms with van der Waals surface area (Å²) >= 11 is 12.0. The first kappa shape index (κ1) is 19.0. The first-order valence-corrected chi connectivity index (χ1v) is 10.6. The minimum Gasteiger partial charge on any atom is -0.348 e. The normalized spacial score (nSPS) is 16.5. The zero-order chi connectivity index (χ0) is 19.1. The molecule has 0 unspecified atom stereocenters. The van der Waals surface area contributed by atoms with Gasteiger partial charge in [-0.3, -0.25) is 9.10 Å². The lowest BCUT2D eigenvalue weighted by molar-refractivity contribution is 0.0951. The number of fused-ring (bicyclic) bond motifs is 1. The molecule has 1 amide bonds. The smallest absolute Gasteiger partial charge is 0.251 e. The number of halogens is 2. The summed E-state index contributed by atoms with van der Waals surface area (Å²) < 4.78 is 25.3. The van der Waals surface area contributed by atoms with Gasteiger partial charge in [0.05, 0.1) is 11.9 Å². The van der Waals surface area contributed by atoms with Crippen molar-refractivity contribution in [3.63, 3.8) is 0 Å². The lowest BCUT2D eigenvalue weighted by Crippen LogP contribution is -2.34. The fourth-order valence-electron chi connectivity index (χ4n) is 3.19. The maximum absolute atomic E-state index is 12.4. The molecule has 2 aromatic carbocycles. The van der Waals surface area contributed by atoms with Crippen molar-refractivity contribution < 1.29 is 13.2 Å². The van der Waals surface area contributed by atoms with Crippen LogP contribution >= 0.6 is 23.2 Å². The van der Waals surface area contributed by atoms with E-state index in [2.05, 4.69) is 5.32 Å². The third-order valence-electron chi connectivity index (χ3n) is 4.31. The number of anilines is 1. The molecule has 1 aliphatic heterocycles. The predicted octanol–water partition coefficient (Wildman–Crippen LogP) is 3.63. The van der Waals surface area contributed by atoms with E-state index in [1.807, 2.05) is 6.92 Å². The SMILES string of the molecule is C[C@@H]1Cc2cc(C(=O)NCc3ccc(Cl)cc3Cl)ccc2N1S(C)(=O)=O. The Morgan fingerprint density at radius 1 is 1.23 bits per heavy atom. The number of nitrogens with one attached hydrogen (secondary N) is 1. The second-order valence-corrected chi connectivity index (χ2v) is 9.08. The number of benzene rings is 2. The zero-order valence-electron chi connectivity index (χ0n) is 14.3. The van der Waals surface area contributed by atoms with Gasteiger partial charge in [0.15, 0.2) is 0 Å². The Morgan fingerprint density at radius 2 is 1.96 bits per heavy atom. The Bertz CT molecular complexity index is 976. The highest BCUT2D eigenvalue weighted by atomic mass is 35.5. The molecule has 0 radical (unpaired) electrons. The molecule has 1 heterocycles. The summed E-state index contributed by atoms with van der Waals surface area (Å²) in [4.78, 5) is 12.4. The molecule has 2 aromatic rings. The Hall–Kier alpha value is -1.76. The molecule has 8 heteroatoms. The Morgan fingerprint density at radius 3 is 2.62 bits per heavy atom. The molecule has 26 heavy (non-hydrogen) atoms. The highest BCUT2D eigenvalue weighted by molar-refractivity contribution is 7.92. The maximum Gasteiger partial charge on any atom is 0.251 e. The largest absolute Gasteiger partial charge is 0.348 e. The second kappa shape index (κ2) is 7.10. The van der Waals surface area contributed by atoms with E-state index in [9.17, 15) is 13.2 Å². The third-order valence-corrected chi connectivity index (χ3v) is 6.16. The quantitative estimate of drug-likeness (QED) is 0.833. The van der Waals surface area contributed by atoms with Gasteiger partial charge in [-0.25, -0.2) is 8.42 Å². The van der Waals surface area contributed by atoms with Gasteiger partial charge in [0, 0.05) is 28.2 Å². The molecule has 0 saturated heterocycles. The average molecular weight is 413 g/mol. The lowest BCUT2D eigenvalue weighted by Gasteiger charge is -2.21. The van der Waals surface area contributed by atoms with E-state index in [1.165, 1.54) is 10.6 Å². The molecule has 1 atom stereocenters. The van der Waals surface area contributed by atoms with Gasteiger partial charge in [0.2, 0.25) is 10.0 Å². The summed E-state index contributed by atoms with van der Waals surface area (Å²) in [5, 5.41) is 3.85. The number of amides is 1. The van der Waals surface area contributed by atoms with Crippen LogP contribution in [-0.2, 0) is 23.0 Å². The molecular formula is C18H18Cl2N2O3S. The van der Waals surface area contributed by atoms with Crippen LogP contribution in [0.4, 0.5) is 5.69 Å². The summed E-state index contributed by atoms with van der Waals surface area (Å²) in [6, 6.07) is 10.0. The van der Waals surface area contributed by atoms with Crippen LogP contribution in [0.5, 0.6) is 0 Å². The van der Waals surface area contributed by atoms with Crippen molar-refractivity contribution in [3.05, 3.63) is 63.1 Å². The Kier molecular flexibility index (Phi) is 5.19. The minimum atomic E-state index is -3.35. The van der Waals surface area contributed by atoms with E-state index in [0.29, 0.717) is 27.7 Å². The topological polar surface area (TPSA) is 66.5 Å². The average Bonchev–Trinajstić information content (AvgIpc) is 2.88. The number of carbonyl (C=O) groups is 1.